The lowest BCUT2D eigenvalue weighted by Gasteiger charge is -2.18. The quantitative estimate of drug-likeness (QED) is 0.0261. The smallest absolute Gasteiger partial charge is 0.306 e. The number of carbonyl (C=O) groups is 3. The molecular formula is C65H118O6. The van der Waals surface area contributed by atoms with Gasteiger partial charge in [-0.2, -0.15) is 0 Å². The normalized spacial score (nSPS) is 12.3. The number of carbonyl (C=O) groups excluding carboxylic acids is 3. The topological polar surface area (TPSA) is 78.9 Å². The highest BCUT2D eigenvalue weighted by Crippen LogP contribution is 2.17. The standard InChI is InChI=1S/C65H118O6/c1-4-7-10-13-16-19-22-23-24-25-26-27-28-29-30-31-32-33-34-35-36-37-38-39-40-41-42-43-44-47-49-52-55-58-64(67)70-61-62(71-65(68)59-56-53-50-46-21-18-15-12-9-6-3)60-69-63(66)57-54-51-48-45-20-17-14-11-8-5-2/h7,10,16,19,23-24,26-27,62H,4-6,8-9,11-15,17-18,20-22,25,28-61H2,1-3H3/b10-7-,19-16-,24-23-,27-26-. The van der Waals surface area contributed by atoms with Crippen molar-refractivity contribution in [3.05, 3.63) is 48.6 Å². The predicted molar refractivity (Wildman–Crippen MR) is 307 cm³/mol. The van der Waals surface area contributed by atoms with Gasteiger partial charge in [-0.25, -0.2) is 0 Å². The molecule has 6 heteroatoms. The molecule has 0 aromatic carbocycles. The van der Waals surface area contributed by atoms with E-state index in [9.17, 15) is 14.4 Å². The third-order valence-electron chi connectivity index (χ3n) is 13.8. The van der Waals surface area contributed by atoms with Crippen molar-refractivity contribution >= 4 is 17.9 Å². The van der Waals surface area contributed by atoms with Crippen LogP contribution in [0.2, 0.25) is 0 Å². The van der Waals surface area contributed by atoms with Crippen molar-refractivity contribution in [3.63, 3.8) is 0 Å². The minimum absolute atomic E-state index is 0.0660. The molecule has 0 heterocycles. The van der Waals surface area contributed by atoms with Crippen molar-refractivity contribution in [1.29, 1.82) is 0 Å². The molecule has 71 heavy (non-hydrogen) atoms. The SMILES string of the molecule is CC/C=C\C/C=C\C/C=C\C/C=C\CCCCCCCCCCCCCCCCCCCCCCC(=O)OCC(COC(=O)CCCCCCCCCCCC)OC(=O)CCCCCCCCCCCC. The molecule has 0 N–H and O–H groups in total. The zero-order valence-electron chi connectivity index (χ0n) is 47.5. The molecule has 0 radical (unpaired) electrons. The van der Waals surface area contributed by atoms with Crippen LogP contribution in [0.3, 0.4) is 0 Å². The highest BCUT2D eigenvalue weighted by molar-refractivity contribution is 5.71. The van der Waals surface area contributed by atoms with E-state index in [0.29, 0.717) is 19.3 Å². The van der Waals surface area contributed by atoms with Gasteiger partial charge in [0.1, 0.15) is 13.2 Å². The number of rotatable bonds is 57. The molecule has 1 unspecified atom stereocenters. The molecule has 0 aliphatic rings. The van der Waals surface area contributed by atoms with Crippen LogP contribution < -0.4 is 0 Å². The summed E-state index contributed by atoms with van der Waals surface area (Å²) in [6.45, 7) is 6.54. The van der Waals surface area contributed by atoms with Crippen LogP contribution in [0.4, 0.5) is 0 Å². The largest absolute Gasteiger partial charge is 0.462 e. The van der Waals surface area contributed by atoms with E-state index in [0.717, 1.165) is 83.5 Å². The minimum Gasteiger partial charge on any atom is -0.462 e. The minimum atomic E-state index is -0.764. The third-order valence-corrected chi connectivity index (χ3v) is 13.8. The van der Waals surface area contributed by atoms with Crippen LogP contribution in [0.1, 0.15) is 329 Å². The van der Waals surface area contributed by atoms with Crippen LogP contribution in [0.15, 0.2) is 48.6 Å². The second-order valence-corrected chi connectivity index (χ2v) is 21.0. The summed E-state index contributed by atoms with van der Waals surface area (Å²) in [4.78, 5) is 38.0. The Labute approximate surface area is 441 Å². The molecule has 0 aliphatic carbocycles. The van der Waals surface area contributed by atoms with Crippen LogP contribution in [0, 0.1) is 0 Å². The van der Waals surface area contributed by atoms with Gasteiger partial charge in [0.25, 0.3) is 0 Å². The van der Waals surface area contributed by atoms with E-state index in [4.69, 9.17) is 14.2 Å². The van der Waals surface area contributed by atoms with Gasteiger partial charge >= 0.3 is 17.9 Å². The van der Waals surface area contributed by atoms with Crippen LogP contribution in [0.25, 0.3) is 0 Å². The van der Waals surface area contributed by atoms with E-state index in [1.165, 1.54) is 205 Å². The lowest BCUT2D eigenvalue weighted by atomic mass is 10.0. The van der Waals surface area contributed by atoms with Crippen molar-refractivity contribution in [2.75, 3.05) is 13.2 Å². The molecule has 0 spiro atoms. The van der Waals surface area contributed by atoms with Crippen LogP contribution in [-0.4, -0.2) is 37.2 Å². The first-order chi connectivity index (χ1) is 35.0. The average molecular weight is 996 g/mol. The Balaban J connectivity index is 3.96. The van der Waals surface area contributed by atoms with Gasteiger partial charge in [-0.1, -0.05) is 301 Å². The molecule has 0 saturated carbocycles. The lowest BCUT2D eigenvalue weighted by Crippen LogP contribution is -2.30. The van der Waals surface area contributed by atoms with Crippen molar-refractivity contribution in [1.82, 2.24) is 0 Å². The number of allylic oxidation sites excluding steroid dienone is 8. The van der Waals surface area contributed by atoms with Gasteiger partial charge in [-0.3, -0.25) is 14.4 Å². The van der Waals surface area contributed by atoms with Gasteiger partial charge in [-0.15, -0.1) is 0 Å². The first-order valence-corrected chi connectivity index (χ1v) is 31.1. The Morgan fingerprint density at radius 3 is 0.859 bits per heavy atom. The highest BCUT2D eigenvalue weighted by Gasteiger charge is 2.19. The number of unbranched alkanes of at least 4 members (excludes halogenated alkanes) is 38. The van der Waals surface area contributed by atoms with E-state index >= 15 is 0 Å². The lowest BCUT2D eigenvalue weighted by molar-refractivity contribution is -0.167. The molecule has 414 valence electrons. The van der Waals surface area contributed by atoms with E-state index in [-0.39, 0.29) is 31.1 Å². The van der Waals surface area contributed by atoms with E-state index in [1.807, 2.05) is 0 Å². The zero-order valence-corrected chi connectivity index (χ0v) is 47.5. The fraction of sp³-hybridized carbons (Fsp3) is 0.831. The molecule has 0 fully saturated rings. The Morgan fingerprint density at radius 2 is 0.549 bits per heavy atom. The van der Waals surface area contributed by atoms with Gasteiger partial charge in [0.15, 0.2) is 6.10 Å². The number of esters is 3. The molecule has 0 bridgehead atoms. The van der Waals surface area contributed by atoms with Gasteiger partial charge in [-0.05, 0) is 57.8 Å². The fourth-order valence-electron chi connectivity index (χ4n) is 9.20. The molecule has 0 rings (SSSR count). The Hall–Kier alpha value is -2.63. The highest BCUT2D eigenvalue weighted by atomic mass is 16.6. The summed E-state index contributed by atoms with van der Waals surface area (Å²) < 4.78 is 16.8. The van der Waals surface area contributed by atoms with Crippen LogP contribution in [0.5, 0.6) is 0 Å². The third kappa shape index (κ3) is 58.1. The summed E-state index contributed by atoms with van der Waals surface area (Å²) in [7, 11) is 0. The Morgan fingerprint density at radius 1 is 0.296 bits per heavy atom. The van der Waals surface area contributed by atoms with Gasteiger partial charge in [0.2, 0.25) is 0 Å². The molecule has 1 atom stereocenters. The molecular weight excluding hydrogens is 877 g/mol. The van der Waals surface area contributed by atoms with E-state index < -0.39 is 6.10 Å². The number of hydrogen-bond donors (Lipinski definition) is 0. The molecule has 0 aliphatic heterocycles. The first-order valence-electron chi connectivity index (χ1n) is 31.1. The maximum absolute atomic E-state index is 12.8. The predicted octanol–water partition coefficient (Wildman–Crippen LogP) is 21.0. The zero-order chi connectivity index (χ0) is 51.4. The maximum atomic E-state index is 12.8. The maximum Gasteiger partial charge on any atom is 0.306 e. The Bertz CT molecular complexity index is 1230. The van der Waals surface area contributed by atoms with Crippen molar-refractivity contribution in [2.24, 2.45) is 0 Å². The Kier molecular flexibility index (Phi) is 57.7. The van der Waals surface area contributed by atoms with Crippen LogP contribution >= 0.6 is 0 Å². The summed E-state index contributed by atoms with van der Waals surface area (Å²) in [5, 5.41) is 0. The van der Waals surface area contributed by atoms with Crippen molar-refractivity contribution < 1.29 is 28.6 Å². The summed E-state index contributed by atoms with van der Waals surface area (Å²) in [6.07, 6.45) is 74.3. The van der Waals surface area contributed by atoms with E-state index in [1.54, 1.807) is 0 Å². The first kappa shape index (κ1) is 68.4. The second kappa shape index (κ2) is 59.9. The summed E-state index contributed by atoms with van der Waals surface area (Å²) in [6, 6.07) is 0. The molecule has 0 saturated heterocycles. The molecule has 0 aromatic rings. The molecule has 0 amide bonds. The number of ether oxygens (including phenoxy) is 3. The van der Waals surface area contributed by atoms with Gasteiger partial charge in [0, 0.05) is 19.3 Å². The fourth-order valence-corrected chi connectivity index (χ4v) is 9.20. The molecule has 6 nitrogen and oxygen atoms in total. The molecule has 0 aromatic heterocycles. The average Bonchev–Trinajstić information content (AvgIpc) is 3.37. The van der Waals surface area contributed by atoms with E-state index in [2.05, 4.69) is 69.4 Å². The summed E-state index contributed by atoms with van der Waals surface area (Å²) in [5.41, 5.74) is 0. The monoisotopic (exact) mass is 995 g/mol. The number of hydrogen-bond acceptors (Lipinski definition) is 6. The van der Waals surface area contributed by atoms with Crippen LogP contribution in [-0.2, 0) is 28.6 Å². The summed E-state index contributed by atoms with van der Waals surface area (Å²) >= 11 is 0. The van der Waals surface area contributed by atoms with Crippen molar-refractivity contribution in [2.45, 2.75) is 335 Å². The van der Waals surface area contributed by atoms with Gasteiger partial charge < -0.3 is 14.2 Å². The summed E-state index contributed by atoms with van der Waals surface area (Å²) in [5.74, 6) is -0.851. The second-order valence-electron chi connectivity index (χ2n) is 21.0. The van der Waals surface area contributed by atoms with Gasteiger partial charge in [0.05, 0.1) is 0 Å². The van der Waals surface area contributed by atoms with Crippen molar-refractivity contribution in [3.8, 4) is 0 Å².